The quantitative estimate of drug-likeness (QED) is 0.830. The van der Waals surface area contributed by atoms with Gasteiger partial charge in [-0.2, -0.15) is 0 Å². The lowest BCUT2D eigenvalue weighted by atomic mass is 10.2. The third-order valence-electron chi connectivity index (χ3n) is 3.22. The van der Waals surface area contributed by atoms with Gasteiger partial charge in [-0.3, -0.25) is 4.90 Å². The second kappa shape index (κ2) is 8.56. The van der Waals surface area contributed by atoms with Gasteiger partial charge in [-0.1, -0.05) is 0 Å². The van der Waals surface area contributed by atoms with Crippen molar-refractivity contribution < 1.29 is 19.4 Å². The van der Waals surface area contributed by atoms with E-state index < -0.39 is 11.7 Å². The van der Waals surface area contributed by atoms with Gasteiger partial charge in [-0.15, -0.1) is 0 Å². The van der Waals surface area contributed by atoms with Gasteiger partial charge in [-0.25, -0.2) is 4.79 Å². The lowest BCUT2D eigenvalue weighted by Gasteiger charge is -2.27. The number of carbonyl (C=O) groups is 1. The van der Waals surface area contributed by atoms with Crippen LogP contribution in [0.4, 0.5) is 4.79 Å². The van der Waals surface area contributed by atoms with E-state index >= 15 is 0 Å². The van der Waals surface area contributed by atoms with E-state index in [1.807, 2.05) is 27.7 Å². The minimum absolute atomic E-state index is 0.251. The van der Waals surface area contributed by atoms with Crippen molar-refractivity contribution in [3.05, 3.63) is 0 Å². The van der Waals surface area contributed by atoms with Crippen LogP contribution in [0, 0.1) is 0 Å². The Hall–Kier alpha value is -0.850. The van der Waals surface area contributed by atoms with Crippen LogP contribution < -0.4 is 0 Å². The molecule has 0 bridgehead atoms. The molecule has 0 aromatic carbocycles. The normalized spacial score (nSPS) is 19.2. The summed E-state index contributed by atoms with van der Waals surface area (Å²) >= 11 is 0. The Balaban J connectivity index is 2.38. The molecule has 1 saturated heterocycles. The van der Waals surface area contributed by atoms with E-state index in [-0.39, 0.29) is 6.09 Å². The lowest BCUT2D eigenvalue weighted by Crippen LogP contribution is -2.40. The van der Waals surface area contributed by atoms with Gasteiger partial charge in [-0.05, 0) is 34.1 Å². The first kappa shape index (κ1) is 18.2. The Labute approximate surface area is 128 Å². The van der Waals surface area contributed by atoms with E-state index in [0.717, 1.165) is 19.5 Å². The molecule has 0 aromatic rings. The van der Waals surface area contributed by atoms with Crippen LogP contribution in [-0.2, 0) is 9.47 Å². The van der Waals surface area contributed by atoms with Gasteiger partial charge in [0.2, 0.25) is 0 Å². The number of carbonyl (C=O) groups excluding carboxylic acids is 1. The number of hydrogen-bond donors (Lipinski definition) is 1. The van der Waals surface area contributed by atoms with Crippen molar-refractivity contribution in [1.29, 1.82) is 0 Å². The first-order valence-corrected chi connectivity index (χ1v) is 7.78. The molecule has 1 fully saturated rings. The average molecular weight is 302 g/mol. The number of aliphatic hydroxyl groups is 1. The van der Waals surface area contributed by atoms with E-state index in [0.29, 0.717) is 32.8 Å². The van der Waals surface area contributed by atoms with E-state index in [4.69, 9.17) is 9.47 Å². The molecule has 0 saturated carbocycles. The highest BCUT2D eigenvalue weighted by Gasteiger charge is 2.24. The van der Waals surface area contributed by atoms with Crippen LogP contribution in [-0.4, -0.2) is 78.6 Å². The molecule has 124 valence electrons. The maximum Gasteiger partial charge on any atom is 0.410 e. The Morgan fingerprint density at radius 2 is 1.95 bits per heavy atom. The highest BCUT2D eigenvalue weighted by Crippen LogP contribution is 2.12. The zero-order valence-electron chi connectivity index (χ0n) is 13.8. The summed E-state index contributed by atoms with van der Waals surface area (Å²) in [5, 5.41) is 9.88. The number of nitrogens with zero attached hydrogens (tertiary/aromatic N) is 2. The monoisotopic (exact) mass is 302 g/mol. The van der Waals surface area contributed by atoms with Crippen LogP contribution >= 0.6 is 0 Å². The Kier molecular flexibility index (Phi) is 7.42. The molecule has 1 heterocycles. The fraction of sp³-hybridized carbons (Fsp3) is 0.933. The second-order valence-electron chi connectivity index (χ2n) is 6.43. The molecule has 6 nitrogen and oxygen atoms in total. The van der Waals surface area contributed by atoms with Gasteiger partial charge in [0.1, 0.15) is 5.60 Å². The summed E-state index contributed by atoms with van der Waals surface area (Å²) in [4.78, 5) is 16.0. The molecule has 1 N–H and O–H groups in total. The minimum atomic E-state index is -0.474. The number of hydrogen-bond acceptors (Lipinski definition) is 5. The zero-order valence-corrected chi connectivity index (χ0v) is 13.8. The van der Waals surface area contributed by atoms with Crippen LogP contribution in [0.2, 0.25) is 0 Å². The number of ether oxygens (including phenoxy) is 2. The maximum atomic E-state index is 12.1. The topological polar surface area (TPSA) is 62.2 Å². The van der Waals surface area contributed by atoms with Gasteiger partial charge in [0.05, 0.1) is 12.7 Å². The lowest BCUT2D eigenvalue weighted by molar-refractivity contribution is 0.0190. The fourth-order valence-corrected chi connectivity index (χ4v) is 2.27. The van der Waals surface area contributed by atoms with Crippen molar-refractivity contribution in [1.82, 2.24) is 9.80 Å². The van der Waals surface area contributed by atoms with Crippen LogP contribution in [0.3, 0.4) is 0 Å². The van der Waals surface area contributed by atoms with Crippen LogP contribution in [0.1, 0.15) is 34.1 Å². The molecule has 1 amide bonds. The van der Waals surface area contributed by atoms with E-state index in [2.05, 4.69) is 4.90 Å². The predicted molar refractivity (Wildman–Crippen MR) is 81.4 cm³/mol. The molecule has 0 radical (unpaired) electrons. The molecule has 1 aliphatic heterocycles. The summed E-state index contributed by atoms with van der Waals surface area (Å²) < 4.78 is 10.6. The van der Waals surface area contributed by atoms with Gasteiger partial charge >= 0.3 is 6.09 Å². The highest BCUT2D eigenvalue weighted by atomic mass is 16.6. The number of amides is 1. The summed E-state index contributed by atoms with van der Waals surface area (Å²) in [6.45, 7) is 12.1. The molecular formula is C15H30N2O4. The van der Waals surface area contributed by atoms with Crippen molar-refractivity contribution in [2.45, 2.75) is 45.8 Å². The number of rotatable bonds is 5. The Bertz CT molecular complexity index is 317. The molecule has 1 rings (SSSR count). The zero-order chi connectivity index (χ0) is 15.9. The predicted octanol–water partition coefficient (Wildman–Crippen LogP) is 1.33. The summed E-state index contributed by atoms with van der Waals surface area (Å²) in [5.74, 6) is 0. The molecule has 6 heteroatoms. The van der Waals surface area contributed by atoms with Crippen molar-refractivity contribution >= 4 is 6.09 Å². The molecular weight excluding hydrogens is 272 g/mol. The molecule has 1 aliphatic rings. The van der Waals surface area contributed by atoms with E-state index in [1.165, 1.54) is 0 Å². The van der Waals surface area contributed by atoms with Crippen LogP contribution in [0.5, 0.6) is 0 Å². The van der Waals surface area contributed by atoms with E-state index in [9.17, 15) is 9.90 Å². The van der Waals surface area contributed by atoms with Crippen LogP contribution in [0.15, 0.2) is 0 Å². The smallest absolute Gasteiger partial charge is 0.410 e. The third kappa shape index (κ3) is 7.64. The second-order valence-corrected chi connectivity index (χ2v) is 6.43. The fourth-order valence-electron chi connectivity index (χ4n) is 2.27. The average Bonchev–Trinajstić information content (AvgIpc) is 2.60. The van der Waals surface area contributed by atoms with Crippen molar-refractivity contribution in [2.75, 3.05) is 45.9 Å². The van der Waals surface area contributed by atoms with Crippen molar-refractivity contribution in [3.8, 4) is 0 Å². The first-order valence-electron chi connectivity index (χ1n) is 7.78. The van der Waals surface area contributed by atoms with Gasteiger partial charge in [0.25, 0.3) is 0 Å². The molecule has 0 aromatic heterocycles. The molecule has 1 unspecified atom stereocenters. The molecule has 21 heavy (non-hydrogen) atoms. The molecule has 1 atom stereocenters. The van der Waals surface area contributed by atoms with Crippen LogP contribution in [0.25, 0.3) is 0 Å². The molecule has 0 spiro atoms. The summed E-state index contributed by atoms with van der Waals surface area (Å²) in [7, 11) is 0. The number of β-amino-alcohol motifs (C(OH)–C–C–N with tert-alkyl or cyclic N) is 1. The van der Waals surface area contributed by atoms with E-state index in [1.54, 1.807) is 4.90 Å². The van der Waals surface area contributed by atoms with Gasteiger partial charge in [0.15, 0.2) is 0 Å². The maximum absolute atomic E-state index is 12.1. The third-order valence-corrected chi connectivity index (χ3v) is 3.22. The summed E-state index contributed by atoms with van der Waals surface area (Å²) in [5.41, 5.74) is -0.462. The number of aliphatic hydroxyl groups excluding tert-OH is 1. The first-order chi connectivity index (χ1) is 9.81. The largest absolute Gasteiger partial charge is 0.444 e. The Morgan fingerprint density at radius 1 is 1.24 bits per heavy atom. The Morgan fingerprint density at radius 3 is 2.57 bits per heavy atom. The van der Waals surface area contributed by atoms with Gasteiger partial charge < -0.3 is 19.5 Å². The van der Waals surface area contributed by atoms with Crippen molar-refractivity contribution in [2.24, 2.45) is 0 Å². The van der Waals surface area contributed by atoms with Gasteiger partial charge in [0, 0.05) is 39.3 Å². The summed E-state index contributed by atoms with van der Waals surface area (Å²) in [6.07, 6.45) is 0.165. The SMILES string of the molecule is CCOCC(O)CN1CCCN(C(=O)OC(C)(C)C)CC1. The summed E-state index contributed by atoms with van der Waals surface area (Å²) in [6, 6.07) is 0. The standard InChI is InChI=1S/C15H30N2O4/c1-5-20-12-13(18)11-16-7-6-8-17(10-9-16)14(19)21-15(2,3)4/h13,18H,5-12H2,1-4H3. The minimum Gasteiger partial charge on any atom is -0.444 e. The highest BCUT2D eigenvalue weighted by molar-refractivity contribution is 5.68. The van der Waals surface area contributed by atoms with Crippen molar-refractivity contribution in [3.63, 3.8) is 0 Å². The molecule has 0 aliphatic carbocycles.